The topological polar surface area (TPSA) is 32.8 Å². The summed E-state index contributed by atoms with van der Waals surface area (Å²) in [5.41, 5.74) is 0. The Balaban J connectivity index is 1.63. The molecule has 0 aromatic heterocycles. The van der Waals surface area contributed by atoms with Crippen molar-refractivity contribution >= 4 is 5.91 Å². The molecule has 0 aromatic rings. The minimum Gasteiger partial charge on any atom is -0.379 e. The quantitative estimate of drug-likeness (QED) is 0.557. The molecule has 0 radical (unpaired) electrons. The van der Waals surface area contributed by atoms with E-state index in [0.717, 1.165) is 52.4 Å². The summed E-state index contributed by atoms with van der Waals surface area (Å²) in [5, 5.41) is 0. The van der Waals surface area contributed by atoms with E-state index in [1.54, 1.807) is 0 Å². The molecule has 0 spiro atoms. The van der Waals surface area contributed by atoms with E-state index in [9.17, 15) is 4.79 Å². The Labute approximate surface area is 78.4 Å². The van der Waals surface area contributed by atoms with Gasteiger partial charge < -0.3 is 9.64 Å². The normalized spacial score (nSPS) is 24.6. The SMILES string of the molecule is O=C1CCN1CCN1CCOCC1. The number of hydrogen-bond donors (Lipinski definition) is 0. The van der Waals surface area contributed by atoms with Gasteiger partial charge in [0.2, 0.25) is 5.91 Å². The van der Waals surface area contributed by atoms with Crippen molar-refractivity contribution in [2.24, 2.45) is 0 Å². The molecular formula is C9H16N2O2. The molecule has 0 aromatic carbocycles. The number of likely N-dealkylation sites (tertiary alicyclic amines) is 1. The fourth-order valence-corrected chi connectivity index (χ4v) is 1.68. The molecule has 0 N–H and O–H groups in total. The fraction of sp³-hybridized carbons (Fsp3) is 0.889. The highest BCUT2D eigenvalue weighted by atomic mass is 16.5. The highest BCUT2D eigenvalue weighted by Gasteiger charge is 2.23. The van der Waals surface area contributed by atoms with Crippen molar-refractivity contribution in [2.75, 3.05) is 45.9 Å². The van der Waals surface area contributed by atoms with E-state index in [2.05, 4.69) is 4.90 Å². The van der Waals surface area contributed by atoms with Crippen LogP contribution >= 0.6 is 0 Å². The molecule has 0 saturated carbocycles. The monoisotopic (exact) mass is 184 g/mol. The van der Waals surface area contributed by atoms with E-state index in [4.69, 9.17) is 4.74 Å². The molecule has 2 heterocycles. The molecule has 2 aliphatic heterocycles. The maximum absolute atomic E-state index is 11.0. The maximum atomic E-state index is 11.0. The van der Waals surface area contributed by atoms with Crippen molar-refractivity contribution in [1.82, 2.24) is 9.80 Å². The average Bonchev–Trinajstić information content (AvgIpc) is 2.17. The first-order valence-corrected chi connectivity index (χ1v) is 4.94. The molecule has 0 atom stereocenters. The molecule has 2 rings (SSSR count). The zero-order chi connectivity index (χ0) is 9.10. The third kappa shape index (κ3) is 2.19. The Bertz CT molecular complexity index is 190. The zero-order valence-corrected chi connectivity index (χ0v) is 7.87. The number of nitrogens with zero attached hydrogens (tertiary/aromatic N) is 2. The highest BCUT2D eigenvalue weighted by Crippen LogP contribution is 2.08. The first-order valence-electron chi connectivity index (χ1n) is 4.94. The lowest BCUT2D eigenvalue weighted by Gasteiger charge is -2.34. The van der Waals surface area contributed by atoms with Gasteiger partial charge in [-0.2, -0.15) is 0 Å². The van der Waals surface area contributed by atoms with Crippen LogP contribution in [0.5, 0.6) is 0 Å². The van der Waals surface area contributed by atoms with E-state index in [-0.39, 0.29) is 0 Å². The molecule has 1 amide bonds. The predicted molar refractivity (Wildman–Crippen MR) is 48.5 cm³/mol. The third-order valence-corrected chi connectivity index (χ3v) is 2.74. The summed E-state index contributed by atoms with van der Waals surface area (Å²) in [6.07, 6.45) is 0.753. The first kappa shape index (κ1) is 8.97. The van der Waals surface area contributed by atoms with Gasteiger partial charge in [-0.25, -0.2) is 0 Å². The van der Waals surface area contributed by atoms with Crippen LogP contribution < -0.4 is 0 Å². The molecular weight excluding hydrogens is 168 g/mol. The van der Waals surface area contributed by atoms with Crippen molar-refractivity contribution in [3.63, 3.8) is 0 Å². The van der Waals surface area contributed by atoms with Crippen LogP contribution in [0.4, 0.5) is 0 Å². The van der Waals surface area contributed by atoms with Crippen LogP contribution in [-0.2, 0) is 9.53 Å². The second-order valence-corrected chi connectivity index (χ2v) is 3.58. The van der Waals surface area contributed by atoms with Crippen LogP contribution in [-0.4, -0.2) is 61.6 Å². The Hall–Kier alpha value is -0.610. The molecule has 0 unspecified atom stereocenters. The van der Waals surface area contributed by atoms with Gasteiger partial charge in [0.1, 0.15) is 0 Å². The summed E-state index contributed by atoms with van der Waals surface area (Å²) in [5.74, 6) is 0.313. The van der Waals surface area contributed by atoms with Crippen LogP contribution in [0.1, 0.15) is 6.42 Å². The number of carbonyl (C=O) groups excluding carboxylic acids is 1. The van der Waals surface area contributed by atoms with Gasteiger partial charge in [-0.3, -0.25) is 9.69 Å². The molecule has 2 fully saturated rings. The Morgan fingerprint density at radius 1 is 1.15 bits per heavy atom. The van der Waals surface area contributed by atoms with E-state index in [1.165, 1.54) is 0 Å². The van der Waals surface area contributed by atoms with Gasteiger partial charge in [-0.05, 0) is 0 Å². The number of ether oxygens (including phenoxy) is 1. The Kier molecular flexibility index (Phi) is 2.80. The van der Waals surface area contributed by atoms with Crippen molar-refractivity contribution in [1.29, 1.82) is 0 Å². The average molecular weight is 184 g/mol. The summed E-state index contributed by atoms with van der Waals surface area (Å²) >= 11 is 0. The molecule has 4 nitrogen and oxygen atoms in total. The summed E-state index contributed by atoms with van der Waals surface area (Å²) in [6, 6.07) is 0. The number of rotatable bonds is 3. The fourth-order valence-electron chi connectivity index (χ4n) is 1.68. The molecule has 74 valence electrons. The number of amides is 1. The summed E-state index contributed by atoms with van der Waals surface area (Å²) < 4.78 is 5.25. The van der Waals surface area contributed by atoms with E-state index < -0.39 is 0 Å². The maximum Gasteiger partial charge on any atom is 0.224 e. The lowest BCUT2D eigenvalue weighted by atomic mass is 10.2. The van der Waals surface area contributed by atoms with Crippen LogP contribution in [0.3, 0.4) is 0 Å². The molecule has 0 bridgehead atoms. The van der Waals surface area contributed by atoms with Crippen LogP contribution in [0.25, 0.3) is 0 Å². The third-order valence-electron chi connectivity index (χ3n) is 2.74. The van der Waals surface area contributed by atoms with Gasteiger partial charge in [-0.15, -0.1) is 0 Å². The number of morpholine rings is 1. The number of hydrogen-bond acceptors (Lipinski definition) is 3. The van der Waals surface area contributed by atoms with Crippen molar-refractivity contribution in [3.05, 3.63) is 0 Å². The van der Waals surface area contributed by atoms with Gasteiger partial charge in [0.25, 0.3) is 0 Å². The van der Waals surface area contributed by atoms with Crippen molar-refractivity contribution in [2.45, 2.75) is 6.42 Å². The summed E-state index contributed by atoms with van der Waals surface area (Å²) in [4.78, 5) is 15.3. The van der Waals surface area contributed by atoms with Gasteiger partial charge in [0.05, 0.1) is 13.2 Å². The van der Waals surface area contributed by atoms with Crippen molar-refractivity contribution in [3.8, 4) is 0 Å². The number of β-lactam (4-membered cyclic amide) rings is 1. The second kappa shape index (κ2) is 4.07. The lowest BCUT2D eigenvalue weighted by molar-refractivity contribution is -0.140. The summed E-state index contributed by atoms with van der Waals surface area (Å²) in [7, 11) is 0. The standard InChI is InChI=1S/C9H16N2O2/c12-9-1-2-11(9)4-3-10-5-7-13-8-6-10/h1-8H2. The van der Waals surface area contributed by atoms with Gasteiger partial charge in [0, 0.05) is 39.1 Å². The van der Waals surface area contributed by atoms with Crippen LogP contribution in [0.2, 0.25) is 0 Å². The van der Waals surface area contributed by atoms with E-state index >= 15 is 0 Å². The van der Waals surface area contributed by atoms with Gasteiger partial charge >= 0.3 is 0 Å². The molecule has 2 saturated heterocycles. The Morgan fingerprint density at radius 3 is 2.46 bits per heavy atom. The van der Waals surface area contributed by atoms with E-state index in [0.29, 0.717) is 5.91 Å². The number of carbonyl (C=O) groups is 1. The van der Waals surface area contributed by atoms with Gasteiger partial charge in [0.15, 0.2) is 0 Å². The molecule has 13 heavy (non-hydrogen) atoms. The van der Waals surface area contributed by atoms with Gasteiger partial charge in [-0.1, -0.05) is 0 Å². The van der Waals surface area contributed by atoms with Crippen LogP contribution in [0, 0.1) is 0 Å². The smallest absolute Gasteiger partial charge is 0.224 e. The van der Waals surface area contributed by atoms with Crippen molar-refractivity contribution < 1.29 is 9.53 Å². The lowest BCUT2D eigenvalue weighted by Crippen LogP contribution is -2.48. The molecule has 4 heteroatoms. The largest absolute Gasteiger partial charge is 0.379 e. The minimum atomic E-state index is 0.313. The molecule has 2 aliphatic rings. The highest BCUT2D eigenvalue weighted by molar-refractivity contribution is 5.81. The minimum absolute atomic E-state index is 0.313. The second-order valence-electron chi connectivity index (χ2n) is 3.58. The zero-order valence-electron chi connectivity index (χ0n) is 7.87. The Morgan fingerprint density at radius 2 is 1.92 bits per heavy atom. The predicted octanol–water partition coefficient (Wildman–Crippen LogP) is -0.449. The first-order chi connectivity index (χ1) is 6.36. The van der Waals surface area contributed by atoms with Crippen LogP contribution in [0.15, 0.2) is 0 Å². The molecule has 0 aliphatic carbocycles. The summed E-state index contributed by atoms with van der Waals surface area (Å²) in [6.45, 7) is 6.59. The van der Waals surface area contributed by atoms with E-state index in [1.807, 2.05) is 4.90 Å².